The molecule has 0 radical (unpaired) electrons. The van der Waals surface area contributed by atoms with Gasteiger partial charge in [-0.3, -0.25) is 0 Å². The van der Waals surface area contributed by atoms with Crippen molar-refractivity contribution >= 4 is 0 Å². The second-order valence-corrected chi connectivity index (χ2v) is 4.77. The fourth-order valence-corrected chi connectivity index (χ4v) is 2.45. The summed E-state index contributed by atoms with van der Waals surface area (Å²) in [6.45, 7) is 3.72. The van der Waals surface area contributed by atoms with Gasteiger partial charge in [0.2, 0.25) is 0 Å². The minimum absolute atomic E-state index is 0.147. The maximum atomic E-state index is 9.66. The molecule has 1 unspecified atom stereocenters. The van der Waals surface area contributed by atoms with Crippen molar-refractivity contribution in [2.75, 3.05) is 33.3 Å². The van der Waals surface area contributed by atoms with E-state index in [1.165, 1.54) is 0 Å². The van der Waals surface area contributed by atoms with Crippen LogP contribution in [-0.2, 0) is 4.74 Å². The lowest BCUT2D eigenvalue weighted by Crippen LogP contribution is -2.48. The zero-order valence-corrected chi connectivity index (χ0v) is 9.48. The first-order valence-electron chi connectivity index (χ1n) is 5.97. The third kappa shape index (κ3) is 3.14. The minimum Gasteiger partial charge on any atom is -0.392 e. The summed E-state index contributed by atoms with van der Waals surface area (Å²) < 4.78 is 5.66. The molecule has 2 N–H and O–H groups in total. The van der Waals surface area contributed by atoms with Gasteiger partial charge in [-0.05, 0) is 26.3 Å². The molecule has 2 fully saturated rings. The van der Waals surface area contributed by atoms with Gasteiger partial charge >= 0.3 is 0 Å². The number of nitrogens with one attached hydrogen (secondary N) is 1. The van der Waals surface area contributed by atoms with Crippen LogP contribution in [0.25, 0.3) is 0 Å². The predicted molar refractivity (Wildman–Crippen MR) is 58.9 cm³/mol. The van der Waals surface area contributed by atoms with Gasteiger partial charge < -0.3 is 20.1 Å². The molecule has 0 aromatic carbocycles. The van der Waals surface area contributed by atoms with Crippen molar-refractivity contribution in [1.82, 2.24) is 10.2 Å². The summed E-state index contributed by atoms with van der Waals surface area (Å²) in [6.07, 6.45) is 3.33. The Labute approximate surface area is 91.6 Å². The van der Waals surface area contributed by atoms with E-state index in [9.17, 15) is 5.11 Å². The second-order valence-electron chi connectivity index (χ2n) is 4.77. The molecule has 0 aromatic rings. The average Bonchev–Trinajstić information content (AvgIpc) is 2.61. The molecule has 88 valence electrons. The molecular weight excluding hydrogens is 192 g/mol. The Balaban J connectivity index is 1.68. The van der Waals surface area contributed by atoms with Gasteiger partial charge in [0.1, 0.15) is 0 Å². The van der Waals surface area contributed by atoms with E-state index in [0.29, 0.717) is 6.04 Å². The van der Waals surface area contributed by atoms with Crippen LogP contribution in [0.2, 0.25) is 0 Å². The van der Waals surface area contributed by atoms with E-state index in [1.54, 1.807) is 0 Å². The molecule has 1 saturated carbocycles. The maximum absolute atomic E-state index is 9.66. The molecule has 0 aromatic heterocycles. The molecule has 0 amide bonds. The molecule has 1 aliphatic carbocycles. The highest BCUT2D eigenvalue weighted by molar-refractivity contribution is 4.84. The summed E-state index contributed by atoms with van der Waals surface area (Å²) in [5.41, 5.74) is 0. The summed E-state index contributed by atoms with van der Waals surface area (Å²) in [5, 5.41) is 13.1. The molecule has 4 heteroatoms. The number of nitrogens with zero attached hydrogens (tertiary/aromatic N) is 1. The lowest BCUT2D eigenvalue weighted by molar-refractivity contribution is -0.0209. The van der Waals surface area contributed by atoms with E-state index in [0.717, 1.165) is 45.5 Å². The molecule has 1 heterocycles. The molecule has 3 atom stereocenters. The van der Waals surface area contributed by atoms with E-state index in [4.69, 9.17) is 4.74 Å². The maximum Gasteiger partial charge on any atom is 0.0826 e. The quantitative estimate of drug-likeness (QED) is 0.684. The fourth-order valence-electron chi connectivity index (χ4n) is 2.45. The van der Waals surface area contributed by atoms with Crippen molar-refractivity contribution in [3.8, 4) is 0 Å². The number of morpholine rings is 1. The molecule has 0 bridgehead atoms. The first-order chi connectivity index (χ1) is 7.25. The Morgan fingerprint density at radius 2 is 2.33 bits per heavy atom. The van der Waals surface area contributed by atoms with Crippen LogP contribution in [0.4, 0.5) is 0 Å². The molecular formula is C11H22N2O2. The Morgan fingerprint density at radius 3 is 3.00 bits per heavy atom. The van der Waals surface area contributed by atoms with E-state index in [2.05, 4.69) is 17.3 Å². The summed E-state index contributed by atoms with van der Waals surface area (Å²) in [4.78, 5) is 2.29. The van der Waals surface area contributed by atoms with E-state index >= 15 is 0 Å². The van der Waals surface area contributed by atoms with Gasteiger partial charge in [-0.15, -0.1) is 0 Å². The van der Waals surface area contributed by atoms with Crippen LogP contribution in [-0.4, -0.2) is 61.5 Å². The molecule has 2 rings (SSSR count). The Kier molecular flexibility index (Phi) is 3.97. The average molecular weight is 214 g/mol. The van der Waals surface area contributed by atoms with Crippen LogP contribution in [0.5, 0.6) is 0 Å². The first-order valence-corrected chi connectivity index (χ1v) is 5.97. The predicted octanol–water partition coefficient (Wildman–Crippen LogP) is -0.180. The van der Waals surface area contributed by atoms with Crippen molar-refractivity contribution in [3.05, 3.63) is 0 Å². The Morgan fingerprint density at radius 1 is 1.47 bits per heavy atom. The van der Waals surface area contributed by atoms with Crippen LogP contribution < -0.4 is 5.32 Å². The Bertz CT molecular complexity index is 201. The van der Waals surface area contributed by atoms with Crippen LogP contribution in [0.3, 0.4) is 0 Å². The van der Waals surface area contributed by atoms with Crippen LogP contribution in [0.15, 0.2) is 0 Å². The fraction of sp³-hybridized carbons (Fsp3) is 1.00. The summed E-state index contributed by atoms with van der Waals surface area (Å²) in [6, 6.07) is 0.292. The Hall–Kier alpha value is -0.160. The minimum atomic E-state index is -0.147. The van der Waals surface area contributed by atoms with Gasteiger partial charge in [0, 0.05) is 25.7 Å². The number of aliphatic hydroxyl groups excluding tert-OH is 1. The largest absolute Gasteiger partial charge is 0.392 e. The second kappa shape index (κ2) is 5.25. The van der Waals surface area contributed by atoms with Gasteiger partial charge in [-0.1, -0.05) is 0 Å². The van der Waals surface area contributed by atoms with Crippen molar-refractivity contribution in [2.24, 2.45) is 0 Å². The molecule has 1 saturated heterocycles. The van der Waals surface area contributed by atoms with Gasteiger partial charge in [-0.2, -0.15) is 0 Å². The van der Waals surface area contributed by atoms with Crippen LogP contribution in [0, 0.1) is 0 Å². The lowest BCUT2D eigenvalue weighted by atomic mass is 10.2. The third-order valence-corrected chi connectivity index (χ3v) is 3.43. The number of hydrogen-bond donors (Lipinski definition) is 2. The van der Waals surface area contributed by atoms with Gasteiger partial charge in [-0.25, -0.2) is 0 Å². The van der Waals surface area contributed by atoms with Gasteiger partial charge in [0.25, 0.3) is 0 Å². The molecule has 15 heavy (non-hydrogen) atoms. The lowest BCUT2D eigenvalue weighted by Gasteiger charge is -2.31. The third-order valence-electron chi connectivity index (χ3n) is 3.43. The monoisotopic (exact) mass is 214 g/mol. The van der Waals surface area contributed by atoms with E-state index in [-0.39, 0.29) is 12.2 Å². The SMILES string of the molecule is CN1CCOC(CN[C@@H]2CCC[C@H]2O)C1. The van der Waals surface area contributed by atoms with Crippen LogP contribution >= 0.6 is 0 Å². The number of ether oxygens (including phenoxy) is 1. The summed E-state index contributed by atoms with van der Waals surface area (Å²) in [7, 11) is 2.12. The molecule has 1 aliphatic heterocycles. The van der Waals surface area contributed by atoms with Crippen molar-refractivity contribution in [1.29, 1.82) is 0 Å². The number of rotatable bonds is 3. The topological polar surface area (TPSA) is 44.7 Å². The van der Waals surface area contributed by atoms with Gasteiger partial charge in [0.15, 0.2) is 0 Å². The first kappa shape index (κ1) is 11.3. The standard InChI is InChI=1S/C11H22N2O2/c1-13-5-6-15-9(8-13)7-12-10-3-2-4-11(10)14/h9-12,14H,2-8H2,1H3/t9?,10-,11-/m1/s1. The van der Waals surface area contributed by atoms with Crippen molar-refractivity contribution < 1.29 is 9.84 Å². The smallest absolute Gasteiger partial charge is 0.0826 e. The molecule has 4 nitrogen and oxygen atoms in total. The van der Waals surface area contributed by atoms with Crippen molar-refractivity contribution in [3.63, 3.8) is 0 Å². The zero-order chi connectivity index (χ0) is 10.7. The van der Waals surface area contributed by atoms with E-state index < -0.39 is 0 Å². The number of hydrogen-bond acceptors (Lipinski definition) is 4. The van der Waals surface area contributed by atoms with Crippen molar-refractivity contribution in [2.45, 2.75) is 37.5 Å². The summed E-state index contributed by atoms with van der Waals surface area (Å²) >= 11 is 0. The number of likely N-dealkylation sites (N-methyl/N-ethyl adjacent to an activating group) is 1. The molecule has 0 spiro atoms. The molecule has 2 aliphatic rings. The normalized spacial score (nSPS) is 38.4. The van der Waals surface area contributed by atoms with Gasteiger partial charge in [0.05, 0.1) is 18.8 Å². The highest BCUT2D eigenvalue weighted by atomic mass is 16.5. The highest BCUT2D eigenvalue weighted by Crippen LogP contribution is 2.18. The number of aliphatic hydroxyl groups is 1. The highest BCUT2D eigenvalue weighted by Gasteiger charge is 2.26. The van der Waals surface area contributed by atoms with Crippen LogP contribution in [0.1, 0.15) is 19.3 Å². The summed E-state index contributed by atoms with van der Waals surface area (Å²) in [5.74, 6) is 0. The van der Waals surface area contributed by atoms with E-state index in [1.807, 2.05) is 0 Å². The zero-order valence-electron chi connectivity index (χ0n) is 9.48.